The van der Waals surface area contributed by atoms with E-state index in [1.54, 1.807) is 24.3 Å². The lowest BCUT2D eigenvalue weighted by molar-refractivity contribution is -0.118. The van der Waals surface area contributed by atoms with Gasteiger partial charge in [-0.15, -0.1) is 6.42 Å². The fraction of sp³-hybridized carbons (Fsp3) is 0.292. The summed E-state index contributed by atoms with van der Waals surface area (Å²) in [6.07, 6.45) is 6.68. The maximum absolute atomic E-state index is 13.9. The lowest BCUT2D eigenvalue weighted by Crippen LogP contribution is -2.45. The number of nitrogens with zero attached hydrogens (tertiary/aromatic N) is 1. The van der Waals surface area contributed by atoms with Crippen molar-refractivity contribution in [1.82, 2.24) is 9.88 Å². The van der Waals surface area contributed by atoms with Crippen LogP contribution in [0.3, 0.4) is 0 Å². The molecule has 1 amide bonds. The first kappa shape index (κ1) is 22.9. The molecule has 0 aliphatic heterocycles. The number of amides is 1. The minimum absolute atomic E-state index is 0.0239. The van der Waals surface area contributed by atoms with Crippen LogP contribution in [0.4, 0.5) is 8.78 Å². The zero-order valence-corrected chi connectivity index (χ0v) is 18.1. The molecular weight excluding hydrogens is 418 g/mol. The molecule has 1 N–H and O–H groups in total. The summed E-state index contributed by atoms with van der Waals surface area (Å²) in [6, 6.07) is 6.82. The predicted molar refractivity (Wildman–Crippen MR) is 115 cm³/mol. The number of Topliss-reactive ketones (excluding diaryl/α,β-unsaturated/α-hetero) is 2. The van der Waals surface area contributed by atoms with Gasteiger partial charge >= 0.3 is 6.55 Å². The van der Waals surface area contributed by atoms with Gasteiger partial charge in [0.25, 0.3) is 11.7 Å². The molecule has 32 heavy (non-hydrogen) atoms. The van der Waals surface area contributed by atoms with E-state index in [1.165, 1.54) is 34.0 Å². The fourth-order valence-electron chi connectivity index (χ4n) is 3.67. The van der Waals surface area contributed by atoms with Crippen molar-refractivity contribution in [3.8, 4) is 12.3 Å². The van der Waals surface area contributed by atoms with Crippen molar-refractivity contribution >= 4 is 28.4 Å². The Labute approximate surface area is 183 Å². The van der Waals surface area contributed by atoms with Crippen molar-refractivity contribution in [3.05, 3.63) is 58.6 Å². The second kappa shape index (κ2) is 8.42. The summed E-state index contributed by atoms with van der Waals surface area (Å²) in [5, 5.41) is 3.16. The van der Waals surface area contributed by atoms with Crippen molar-refractivity contribution in [2.45, 2.75) is 46.2 Å². The monoisotopic (exact) mass is 440 g/mol. The third-order valence-corrected chi connectivity index (χ3v) is 5.26. The molecule has 0 aliphatic rings. The smallest absolute Gasteiger partial charge is 0.319 e. The van der Waals surface area contributed by atoms with E-state index >= 15 is 0 Å². The van der Waals surface area contributed by atoms with E-state index in [2.05, 4.69) is 11.2 Å². The Morgan fingerprint density at radius 3 is 2.53 bits per heavy atom. The third-order valence-electron chi connectivity index (χ3n) is 5.26. The molecule has 166 valence electrons. The number of carbonyl (C=O) groups excluding carboxylic acids is 3. The molecule has 0 atom stereocenters. The van der Waals surface area contributed by atoms with Crippen LogP contribution in [0.25, 0.3) is 11.0 Å². The van der Waals surface area contributed by atoms with Gasteiger partial charge in [-0.2, -0.15) is 8.78 Å². The Balaban J connectivity index is 2.00. The highest BCUT2D eigenvalue weighted by Crippen LogP contribution is 2.29. The van der Waals surface area contributed by atoms with Crippen LogP contribution in [-0.2, 0) is 11.2 Å². The molecule has 0 bridgehead atoms. The zero-order chi connectivity index (χ0) is 23.8. The van der Waals surface area contributed by atoms with Gasteiger partial charge in [-0.1, -0.05) is 12.0 Å². The number of ketones is 2. The molecule has 6 nitrogen and oxygen atoms in total. The summed E-state index contributed by atoms with van der Waals surface area (Å²) < 4.78 is 33.6. The van der Waals surface area contributed by atoms with Gasteiger partial charge in [-0.25, -0.2) is 0 Å². The molecule has 2 heterocycles. The molecule has 8 heteroatoms. The third kappa shape index (κ3) is 4.19. The summed E-state index contributed by atoms with van der Waals surface area (Å²) in [4.78, 5) is 38.3. The van der Waals surface area contributed by atoms with Crippen molar-refractivity contribution in [3.63, 3.8) is 0 Å². The number of terminal acetylenes is 1. The molecular formula is C24H22F2N2O4. The average molecular weight is 440 g/mol. The van der Waals surface area contributed by atoms with E-state index in [0.29, 0.717) is 15.7 Å². The summed E-state index contributed by atoms with van der Waals surface area (Å²) in [7, 11) is 0. The molecule has 1 aromatic carbocycles. The highest BCUT2D eigenvalue weighted by molar-refractivity contribution is 6.43. The molecule has 3 rings (SSSR count). The normalized spacial score (nSPS) is 11.6. The first-order valence-electron chi connectivity index (χ1n) is 9.80. The largest absolute Gasteiger partial charge is 0.464 e. The zero-order valence-electron chi connectivity index (χ0n) is 18.1. The molecule has 0 unspecified atom stereocenters. The Hall–Kier alpha value is -3.73. The second-order valence-electron chi connectivity index (χ2n) is 8.03. The van der Waals surface area contributed by atoms with E-state index in [4.69, 9.17) is 10.8 Å². The van der Waals surface area contributed by atoms with Crippen LogP contribution < -0.4 is 5.32 Å². The predicted octanol–water partition coefficient (Wildman–Crippen LogP) is 4.38. The first-order chi connectivity index (χ1) is 15.0. The van der Waals surface area contributed by atoms with Gasteiger partial charge in [0.15, 0.2) is 5.78 Å². The van der Waals surface area contributed by atoms with Gasteiger partial charge in [-0.3, -0.25) is 19.0 Å². The molecule has 0 radical (unpaired) electrons. The van der Waals surface area contributed by atoms with Crippen LogP contribution in [0.2, 0.25) is 0 Å². The van der Waals surface area contributed by atoms with E-state index in [0.717, 1.165) is 5.39 Å². The number of alkyl halides is 2. The highest BCUT2D eigenvalue weighted by atomic mass is 19.3. The van der Waals surface area contributed by atoms with Crippen LogP contribution in [0.1, 0.15) is 58.1 Å². The molecule has 0 spiro atoms. The molecule has 0 saturated carbocycles. The highest BCUT2D eigenvalue weighted by Gasteiger charge is 2.33. The Morgan fingerprint density at radius 2 is 1.91 bits per heavy atom. The van der Waals surface area contributed by atoms with Crippen LogP contribution in [0, 0.1) is 26.2 Å². The molecule has 2 aromatic heterocycles. The number of rotatable bonds is 7. The molecule has 0 saturated heterocycles. The SMILES string of the molecule is C#CC(C)(C)NC(=O)C(=O)c1c(C)c(C(=O)Cc2ccc3occc3c2)n(C(F)F)c1C. The Bertz CT molecular complexity index is 1280. The minimum atomic E-state index is -3.07. The topological polar surface area (TPSA) is 81.3 Å². The van der Waals surface area contributed by atoms with Crippen LogP contribution >= 0.6 is 0 Å². The number of hydrogen-bond donors (Lipinski definition) is 1. The number of fused-ring (bicyclic) bond motifs is 1. The van der Waals surface area contributed by atoms with Gasteiger partial charge in [0.05, 0.1) is 23.1 Å². The second-order valence-corrected chi connectivity index (χ2v) is 8.03. The van der Waals surface area contributed by atoms with E-state index in [1.807, 2.05) is 0 Å². The van der Waals surface area contributed by atoms with Gasteiger partial charge in [0.2, 0.25) is 0 Å². The molecule has 0 aliphatic carbocycles. The first-order valence-corrected chi connectivity index (χ1v) is 9.80. The number of halogens is 2. The van der Waals surface area contributed by atoms with Crippen LogP contribution in [-0.4, -0.2) is 27.6 Å². The van der Waals surface area contributed by atoms with Crippen LogP contribution in [0.5, 0.6) is 0 Å². The Morgan fingerprint density at radius 1 is 1.22 bits per heavy atom. The standard InChI is InChI=1S/C24H22F2N2O4/c1-6-24(4,5)27-22(31)21(30)19-13(2)20(28(14(19)3)23(25)26)17(29)12-15-7-8-18-16(11-15)9-10-32-18/h1,7-11,23H,12H2,2-5H3,(H,27,31). The number of nitrogens with one attached hydrogen (secondary N) is 1. The lowest BCUT2D eigenvalue weighted by atomic mass is 9.99. The van der Waals surface area contributed by atoms with Crippen molar-refractivity contribution in [2.75, 3.05) is 0 Å². The number of benzene rings is 1. The fourth-order valence-corrected chi connectivity index (χ4v) is 3.67. The lowest BCUT2D eigenvalue weighted by Gasteiger charge is -2.18. The molecule has 0 fully saturated rings. The van der Waals surface area contributed by atoms with E-state index < -0.39 is 29.6 Å². The van der Waals surface area contributed by atoms with E-state index in [9.17, 15) is 23.2 Å². The molecule has 3 aromatic rings. The van der Waals surface area contributed by atoms with E-state index in [-0.39, 0.29) is 28.9 Å². The minimum Gasteiger partial charge on any atom is -0.464 e. The van der Waals surface area contributed by atoms with Gasteiger partial charge in [0.1, 0.15) is 5.58 Å². The van der Waals surface area contributed by atoms with Crippen molar-refractivity contribution < 1.29 is 27.6 Å². The summed E-state index contributed by atoms with van der Waals surface area (Å²) in [5.74, 6) is -0.335. The Kier molecular flexibility index (Phi) is 6.04. The summed E-state index contributed by atoms with van der Waals surface area (Å²) >= 11 is 0. The maximum atomic E-state index is 13.9. The van der Waals surface area contributed by atoms with Crippen molar-refractivity contribution in [2.24, 2.45) is 0 Å². The average Bonchev–Trinajstić information content (AvgIpc) is 3.28. The number of hydrogen-bond acceptors (Lipinski definition) is 4. The number of furan rings is 1. The van der Waals surface area contributed by atoms with Crippen molar-refractivity contribution in [1.29, 1.82) is 0 Å². The van der Waals surface area contributed by atoms with Gasteiger partial charge < -0.3 is 9.73 Å². The summed E-state index contributed by atoms with van der Waals surface area (Å²) in [6.45, 7) is 2.63. The van der Waals surface area contributed by atoms with Crippen LogP contribution in [0.15, 0.2) is 34.9 Å². The number of aromatic nitrogens is 1. The summed E-state index contributed by atoms with van der Waals surface area (Å²) in [5.41, 5.74) is -0.547. The van der Waals surface area contributed by atoms with Gasteiger partial charge in [0, 0.05) is 17.5 Å². The quantitative estimate of drug-likeness (QED) is 0.336. The van der Waals surface area contributed by atoms with Gasteiger partial charge in [-0.05, 0) is 57.0 Å². The number of carbonyl (C=O) groups is 3. The maximum Gasteiger partial charge on any atom is 0.319 e.